The van der Waals surface area contributed by atoms with Crippen molar-refractivity contribution in [3.05, 3.63) is 50.5 Å². The van der Waals surface area contributed by atoms with Gasteiger partial charge in [0, 0.05) is 28.8 Å². The molecule has 1 heterocycles. The Morgan fingerprint density at radius 3 is 2.71 bits per heavy atom. The summed E-state index contributed by atoms with van der Waals surface area (Å²) in [5.41, 5.74) is 2.48. The second-order valence-corrected chi connectivity index (χ2v) is 6.05. The molecule has 0 aliphatic rings. The van der Waals surface area contributed by atoms with Gasteiger partial charge in [-0.3, -0.25) is 4.68 Å². The largest absolute Gasteiger partial charge is 0.306 e. The summed E-state index contributed by atoms with van der Waals surface area (Å²) in [5.74, 6) is -0.400. The van der Waals surface area contributed by atoms with Crippen LogP contribution in [0.3, 0.4) is 0 Å². The van der Waals surface area contributed by atoms with Crippen LogP contribution in [0.4, 0.5) is 4.39 Å². The number of benzene rings is 1. The molecule has 1 aromatic carbocycles. The second kappa shape index (κ2) is 6.90. The van der Waals surface area contributed by atoms with E-state index in [2.05, 4.69) is 26.3 Å². The quantitative estimate of drug-likeness (QED) is 0.794. The lowest BCUT2D eigenvalue weighted by atomic mass is 9.97. The summed E-state index contributed by atoms with van der Waals surface area (Å²) in [4.78, 5) is 0. The molecule has 3 nitrogen and oxygen atoms in total. The maximum Gasteiger partial charge on any atom is 0.148 e. The van der Waals surface area contributed by atoms with Crippen molar-refractivity contribution >= 4 is 27.5 Å². The van der Waals surface area contributed by atoms with Crippen LogP contribution in [-0.4, -0.2) is 16.3 Å². The first-order valence-electron chi connectivity index (χ1n) is 6.88. The minimum atomic E-state index is -0.400. The van der Waals surface area contributed by atoms with Gasteiger partial charge in [-0.25, -0.2) is 4.39 Å². The monoisotopic (exact) mass is 373 g/mol. The lowest BCUT2D eigenvalue weighted by molar-refractivity contribution is 0.556. The Morgan fingerprint density at radius 1 is 1.38 bits per heavy atom. The van der Waals surface area contributed by atoms with Gasteiger partial charge in [-0.15, -0.1) is 0 Å². The molecule has 6 heteroatoms. The average Bonchev–Trinajstić information content (AvgIpc) is 2.84. The van der Waals surface area contributed by atoms with Gasteiger partial charge in [0.05, 0.1) is 16.8 Å². The fraction of sp³-hybridized carbons (Fsp3) is 0.400. The van der Waals surface area contributed by atoms with Gasteiger partial charge in [0.25, 0.3) is 0 Å². The van der Waals surface area contributed by atoms with Gasteiger partial charge in [0.15, 0.2) is 0 Å². The first-order chi connectivity index (χ1) is 9.99. The highest BCUT2D eigenvalue weighted by molar-refractivity contribution is 9.10. The zero-order chi connectivity index (χ0) is 15.6. The molecule has 0 saturated heterocycles. The van der Waals surface area contributed by atoms with E-state index < -0.39 is 5.82 Å². The molecule has 1 N–H and O–H groups in total. The number of halogens is 3. The molecule has 21 heavy (non-hydrogen) atoms. The van der Waals surface area contributed by atoms with Crippen molar-refractivity contribution in [2.24, 2.45) is 7.05 Å². The van der Waals surface area contributed by atoms with Crippen molar-refractivity contribution < 1.29 is 4.39 Å². The molecule has 1 atom stereocenters. The number of nitrogens with one attached hydrogen (secondary N) is 1. The minimum absolute atomic E-state index is 0.109. The summed E-state index contributed by atoms with van der Waals surface area (Å²) in [7, 11) is 1.87. The molecule has 1 unspecified atom stereocenters. The zero-order valence-electron chi connectivity index (χ0n) is 12.3. The Kier molecular flexibility index (Phi) is 5.41. The second-order valence-electron chi connectivity index (χ2n) is 4.81. The van der Waals surface area contributed by atoms with E-state index in [-0.39, 0.29) is 11.1 Å². The summed E-state index contributed by atoms with van der Waals surface area (Å²) in [6, 6.07) is 3.27. The maximum absolute atomic E-state index is 14.5. The molecule has 0 saturated carbocycles. The summed E-state index contributed by atoms with van der Waals surface area (Å²) in [6.07, 6.45) is 2.73. The first-order valence-corrected chi connectivity index (χ1v) is 8.05. The topological polar surface area (TPSA) is 29.9 Å². The highest BCUT2D eigenvalue weighted by Crippen LogP contribution is 2.33. The molecule has 2 aromatic rings. The Balaban J connectivity index is 2.56. The van der Waals surface area contributed by atoms with E-state index in [1.54, 1.807) is 16.8 Å². The summed E-state index contributed by atoms with van der Waals surface area (Å²) in [5, 5.41) is 7.87. The van der Waals surface area contributed by atoms with Crippen molar-refractivity contribution in [1.29, 1.82) is 0 Å². The van der Waals surface area contributed by atoms with Crippen LogP contribution in [0.1, 0.15) is 36.7 Å². The molecule has 0 radical (unpaired) electrons. The molecule has 0 amide bonds. The van der Waals surface area contributed by atoms with Crippen LogP contribution >= 0.6 is 27.5 Å². The van der Waals surface area contributed by atoms with Crippen molar-refractivity contribution in [2.45, 2.75) is 26.3 Å². The number of aryl methyl sites for hydroxylation is 2. The third kappa shape index (κ3) is 3.30. The van der Waals surface area contributed by atoms with E-state index in [1.807, 2.05) is 27.1 Å². The van der Waals surface area contributed by atoms with E-state index in [0.29, 0.717) is 10.0 Å². The van der Waals surface area contributed by atoms with Gasteiger partial charge in [0.2, 0.25) is 0 Å². The fourth-order valence-electron chi connectivity index (χ4n) is 2.42. The molecule has 0 fully saturated rings. The third-order valence-electron chi connectivity index (χ3n) is 3.37. The maximum atomic E-state index is 14.5. The Labute approximate surface area is 137 Å². The lowest BCUT2D eigenvalue weighted by Gasteiger charge is -2.20. The van der Waals surface area contributed by atoms with Gasteiger partial charge in [-0.05, 0) is 35.0 Å². The molecule has 1 aromatic heterocycles. The SMILES string of the molecule is CCNC(c1cn(C)nc1CC)c1ccc(Br)c(Cl)c1F. The van der Waals surface area contributed by atoms with E-state index in [9.17, 15) is 4.39 Å². The van der Waals surface area contributed by atoms with Crippen molar-refractivity contribution in [3.63, 3.8) is 0 Å². The van der Waals surface area contributed by atoms with Gasteiger partial charge in [0.1, 0.15) is 5.82 Å². The number of nitrogens with zero attached hydrogens (tertiary/aromatic N) is 2. The molecule has 0 aliphatic carbocycles. The van der Waals surface area contributed by atoms with Crippen LogP contribution < -0.4 is 5.32 Å². The Bertz CT molecular complexity index is 642. The standard InChI is InChI=1S/C15H18BrClFN3/c1-4-12-10(8-21(3)20-12)15(19-5-2)9-6-7-11(16)13(17)14(9)18/h6-8,15,19H,4-5H2,1-3H3. The normalized spacial score (nSPS) is 12.7. The summed E-state index contributed by atoms with van der Waals surface area (Å²) >= 11 is 9.27. The molecule has 2 rings (SSSR count). The number of hydrogen-bond donors (Lipinski definition) is 1. The lowest BCUT2D eigenvalue weighted by Crippen LogP contribution is -2.23. The molecular formula is C15H18BrClFN3. The van der Waals surface area contributed by atoms with E-state index >= 15 is 0 Å². The van der Waals surface area contributed by atoms with Crippen LogP contribution in [0, 0.1) is 5.82 Å². The van der Waals surface area contributed by atoms with Gasteiger partial charge in [-0.2, -0.15) is 5.10 Å². The minimum Gasteiger partial charge on any atom is -0.306 e. The van der Waals surface area contributed by atoms with Crippen LogP contribution in [0.15, 0.2) is 22.8 Å². The van der Waals surface area contributed by atoms with E-state index in [1.165, 1.54) is 0 Å². The molecule has 114 valence electrons. The molecule has 0 bridgehead atoms. The van der Waals surface area contributed by atoms with Crippen molar-refractivity contribution in [2.75, 3.05) is 6.54 Å². The van der Waals surface area contributed by atoms with Crippen molar-refractivity contribution in [1.82, 2.24) is 15.1 Å². The third-order valence-corrected chi connectivity index (χ3v) is 4.63. The van der Waals surface area contributed by atoms with Gasteiger partial charge >= 0.3 is 0 Å². The number of aromatic nitrogens is 2. The van der Waals surface area contributed by atoms with Crippen molar-refractivity contribution in [3.8, 4) is 0 Å². The zero-order valence-corrected chi connectivity index (χ0v) is 14.6. The number of rotatable bonds is 5. The van der Waals surface area contributed by atoms with Crippen LogP contribution in [0.2, 0.25) is 5.02 Å². The highest BCUT2D eigenvalue weighted by atomic mass is 79.9. The van der Waals surface area contributed by atoms with Gasteiger partial charge < -0.3 is 5.32 Å². The first kappa shape index (κ1) is 16.5. The van der Waals surface area contributed by atoms with E-state index in [4.69, 9.17) is 11.6 Å². The van der Waals surface area contributed by atoms with Crippen LogP contribution in [-0.2, 0) is 13.5 Å². The summed E-state index contributed by atoms with van der Waals surface area (Å²) in [6.45, 7) is 4.75. The number of hydrogen-bond acceptors (Lipinski definition) is 2. The summed E-state index contributed by atoms with van der Waals surface area (Å²) < 4.78 is 16.9. The van der Waals surface area contributed by atoms with Crippen LogP contribution in [0.5, 0.6) is 0 Å². The highest BCUT2D eigenvalue weighted by Gasteiger charge is 2.23. The smallest absolute Gasteiger partial charge is 0.148 e. The van der Waals surface area contributed by atoms with Gasteiger partial charge in [-0.1, -0.05) is 31.5 Å². The average molecular weight is 375 g/mol. The molecular weight excluding hydrogens is 357 g/mol. The van der Waals surface area contributed by atoms with Crippen LogP contribution in [0.25, 0.3) is 0 Å². The molecule has 0 spiro atoms. The molecule has 0 aliphatic heterocycles. The Morgan fingerprint density at radius 2 is 2.10 bits per heavy atom. The Hall–Kier alpha value is -0.910. The predicted molar refractivity (Wildman–Crippen MR) is 87.2 cm³/mol. The predicted octanol–water partition coefficient (Wildman–Crippen LogP) is 4.24. The fourth-order valence-corrected chi connectivity index (χ4v) is 2.90. The van der Waals surface area contributed by atoms with E-state index in [0.717, 1.165) is 24.2 Å².